The number of hydrogen-bond donors (Lipinski definition) is 12. The van der Waals surface area contributed by atoms with Crippen molar-refractivity contribution in [2.45, 2.75) is 135 Å². The first-order valence-corrected chi connectivity index (χ1v) is 21.6. The first-order valence-electron chi connectivity index (χ1n) is 21.6. The smallest absolute Gasteiger partial charge is 0.243 e. The largest absolute Gasteiger partial charge is 0.508 e. The SMILES string of the molecule is CC[C@H](C)[C@@H]1NC(=O)[C@H](Cc2ccc(O)cc2)NC(=O)CCCCC[C@@H](C(=O)NCC(=O)N[C@@H](CC(C)C)C(=O)NCC(N)=O)NC(=O)[C@H](CC(N)=O)NC(=O)C(CCC(N)=O)NC1=O. The van der Waals surface area contributed by atoms with Crippen molar-refractivity contribution >= 4 is 65.0 Å². The molecule has 1 saturated heterocycles. The summed E-state index contributed by atoms with van der Waals surface area (Å²) in [7, 11) is 0. The standard InChI is InChI=1S/C42H65N11O12/c1-5-23(4)36-42(65)51-27(15-16-31(43)55)39(62)52-30(19-32(44)56)40(63)50-26(37(60)47-21-35(59)49-28(17-22(2)3)38(61)46-20-33(45)57)9-7-6-8-10-34(58)48-29(41(64)53-36)18-24-11-13-25(54)14-12-24/h11-14,22-23,26-30,36,54H,5-10,15-21H2,1-4H3,(H2,43,55)(H2,44,56)(H2,45,57)(H,46,61)(H,47,60)(H,48,58)(H,49,59)(H,50,63)(H,51,65)(H,52,62)(H,53,64)/t23-,26-,27?,28-,29-,30-,36-/m0/s1. The van der Waals surface area contributed by atoms with Gasteiger partial charge in [-0.1, -0.05) is 59.1 Å². The fourth-order valence-electron chi connectivity index (χ4n) is 6.69. The molecule has 0 radical (unpaired) electrons. The molecule has 0 saturated carbocycles. The van der Waals surface area contributed by atoms with Gasteiger partial charge in [0.15, 0.2) is 0 Å². The molecule has 65 heavy (non-hydrogen) atoms. The van der Waals surface area contributed by atoms with Crippen LogP contribution in [0.2, 0.25) is 0 Å². The molecule has 7 atom stereocenters. The maximum absolute atomic E-state index is 13.9. The summed E-state index contributed by atoms with van der Waals surface area (Å²) >= 11 is 0. The average molecular weight is 916 g/mol. The molecule has 1 aromatic carbocycles. The topological polar surface area (TPSA) is 382 Å². The number of primary amides is 3. The van der Waals surface area contributed by atoms with Crippen LogP contribution in [0.4, 0.5) is 0 Å². The van der Waals surface area contributed by atoms with E-state index in [4.69, 9.17) is 17.2 Å². The van der Waals surface area contributed by atoms with E-state index >= 15 is 0 Å². The van der Waals surface area contributed by atoms with Gasteiger partial charge in [-0.05, 0) is 55.2 Å². The minimum absolute atomic E-state index is 0.0245. The lowest BCUT2D eigenvalue weighted by molar-refractivity contribution is -0.136. The number of phenols is 1. The lowest BCUT2D eigenvalue weighted by Crippen LogP contribution is -2.60. The number of carbonyl (C=O) groups is 11. The predicted molar refractivity (Wildman–Crippen MR) is 233 cm³/mol. The molecule has 0 aromatic heterocycles. The molecule has 1 unspecified atom stereocenters. The van der Waals surface area contributed by atoms with Crippen LogP contribution in [0, 0.1) is 11.8 Å². The van der Waals surface area contributed by atoms with Gasteiger partial charge in [-0.3, -0.25) is 52.7 Å². The van der Waals surface area contributed by atoms with Crippen molar-refractivity contribution in [3.05, 3.63) is 29.8 Å². The Labute approximate surface area is 377 Å². The van der Waals surface area contributed by atoms with Crippen LogP contribution in [0.25, 0.3) is 0 Å². The highest BCUT2D eigenvalue weighted by Crippen LogP contribution is 2.15. The van der Waals surface area contributed by atoms with Gasteiger partial charge in [-0.2, -0.15) is 0 Å². The van der Waals surface area contributed by atoms with Crippen molar-refractivity contribution in [1.29, 1.82) is 0 Å². The van der Waals surface area contributed by atoms with Gasteiger partial charge >= 0.3 is 0 Å². The van der Waals surface area contributed by atoms with Crippen molar-refractivity contribution in [2.24, 2.45) is 29.0 Å². The molecule has 1 aliphatic rings. The molecule has 0 spiro atoms. The van der Waals surface area contributed by atoms with Crippen LogP contribution in [0.1, 0.15) is 97.5 Å². The number of hydrogen-bond acceptors (Lipinski definition) is 12. The number of nitrogens with two attached hydrogens (primary N) is 3. The van der Waals surface area contributed by atoms with Crippen molar-refractivity contribution in [2.75, 3.05) is 13.1 Å². The maximum Gasteiger partial charge on any atom is 0.243 e. The van der Waals surface area contributed by atoms with Crippen molar-refractivity contribution in [1.82, 2.24) is 42.5 Å². The number of amides is 11. The van der Waals surface area contributed by atoms with E-state index in [1.54, 1.807) is 39.8 Å². The molecule has 11 amide bonds. The second-order valence-corrected chi connectivity index (χ2v) is 16.5. The van der Waals surface area contributed by atoms with E-state index in [9.17, 15) is 57.8 Å². The average Bonchev–Trinajstić information content (AvgIpc) is 3.23. The molecule has 2 rings (SSSR count). The highest BCUT2D eigenvalue weighted by Gasteiger charge is 2.35. The fourth-order valence-corrected chi connectivity index (χ4v) is 6.69. The molecule has 1 heterocycles. The number of rotatable bonds is 18. The Morgan fingerprint density at radius 3 is 1.95 bits per heavy atom. The zero-order valence-electron chi connectivity index (χ0n) is 37.3. The summed E-state index contributed by atoms with van der Waals surface area (Å²) < 4.78 is 0. The van der Waals surface area contributed by atoms with Crippen molar-refractivity contribution < 1.29 is 57.8 Å². The Morgan fingerprint density at radius 2 is 1.35 bits per heavy atom. The second kappa shape index (κ2) is 27.4. The summed E-state index contributed by atoms with van der Waals surface area (Å²) in [6, 6.07) is -2.31. The van der Waals surface area contributed by atoms with E-state index in [1.807, 2.05) is 0 Å². The normalized spacial score (nSPS) is 21.4. The third-order valence-electron chi connectivity index (χ3n) is 10.4. The zero-order chi connectivity index (χ0) is 48.8. The minimum Gasteiger partial charge on any atom is -0.508 e. The van der Waals surface area contributed by atoms with Gasteiger partial charge in [-0.15, -0.1) is 0 Å². The Kier molecular flexibility index (Phi) is 22.9. The molecular formula is C42H65N11O12. The lowest BCUT2D eigenvalue weighted by atomic mass is 9.96. The van der Waals surface area contributed by atoms with Crippen LogP contribution in [-0.2, 0) is 59.2 Å². The summed E-state index contributed by atoms with van der Waals surface area (Å²) in [5.41, 5.74) is 16.5. The van der Waals surface area contributed by atoms with Crippen molar-refractivity contribution in [3.8, 4) is 5.75 Å². The molecule has 360 valence electrons. The van der Waals surface area contributed by atoms with Gasteiger partial charge in [0.2, 0.25) is 65.0 Å². The summed E-state index contributed by atoms with van der Waals surface area (Å²) in [6.45, 7) is 5.87. The third-order valence-corrected chi connectivity index (χ3v) is 10.4. The molecule has 1 aromatic rings. The first kappa shape index (κ1) is 54.3. The lowest BCUT2D eigenvalue weighted by Gasteiger charge is -2.29. The molecule has 0 bridgehead atoms. The maximum atomic E-state index is 13.9. The van der Waals surface area contributed by atoms with Crippen LogP contribution < -0.4 is 59.7 Å². The van der Waals surface area contributed by atoms with E-state index in [1.165, 1.54) is 12.1 Å². The molecule has 15 N–H and O–H groups in total. The summed E-state index contributed by atoms with van der Waals surface area (Å²) in [5.74, 6) is -9.88. The zero-order valence-corrected chi connectivity index (χ0v) is 37.3. The predicted octanol–water partition coefficient (Wildman–Crippen LogP) is -3.24. The Morgan fingerprint density at radius 1 is 0.723 bits per heavy atom. The summed E-state index contributed by atoms with van der Waals surface area (Å²) in [6.07, 6.45) is -0.434. The van der Waals surface area contributed by atoms with E-state index in [2.05, 4.69) is 42.5 Å². The third kappa shape index (κ3) is 20.5. The number of aromatic hydroxyl groups is 1. The van der Waals surface area contributed by atoms with Gasteiger partial charge in [0.05, 0.1) is 19.5 Å². The van der Waals surface area contributed by atoms with Crippen LogP contribution in [-0.4, -0.2) is 119 Å². The quantitative estimate of drug-likeness (QED) is 0.0692. The molecule has 1 aliphatic heterocycles. The highest BCUT2D eigenvalue weighted by atomic mass is 16.3. The van der Waals surface area contributed by atoms with Crippen LogP contribution in [0.15, 0.2) is 24.3 Å². The Hall–Kier alpha value is -6.81. The van der Waals surface area contributed by atoms with E-state index in [-0.39, 0.29) is 56.6 Å². The van der Waals surface area contributed by atoms with Gasteiger partial charge < -0.3 is 64.8 Å². The first-order chi connectivity index (χ1) is 30.6. The molecular weight excluding hydrogens is 851 g/mol. The molecule has 1 fully saturated rings. The monoisotopic (exact) mass is 915 g/mol. The van der Waals surface area contributed by atoms with Crippen molar-refractivity contribution in [3.63, 3.8) is 0 Å². The van der Waals surface area contributed by atoms with E-state index in [0.717, 1.165) is 0 Å². The minimum atomic E-state index is -1.72. The van der Waals surface area contributed by atoms with Gasteiger partial charge in [-0.25, -0.2) is 0 Å². The van der Waals surface area contributed by atoms with E-state index in [0.29, 0.717) is 18.4 Å². The fraction of sp³-hybridized carbons (Fsp3) is 0.595. The Bertz CT molecular complexity index is 1880. The van der Waals surface area contributed by atoms with Crippen LogP contribution in [0.5, 0.6) is 5.75 Å². The highest BCUT2D eigenvalue weighted by molar-refractivity contribution is 5.98. The molecule has 0 aliphatic carbocycles. The van der Waals surface area contributed by atoms with Crippen LogP contribution in [0.3, 0.4) is 0 Å². The molecule has 23 nitrogen and oxygen atoms in total. The van der Waals surface area contributed by atoms with Gasteiger partial charge in [0, 0.05) is 19.3 Å². The second-order valence-electron chi connectivity index (χ2n) is 16.5. The summed E-state index contributed by atoms with van der Waals surface area (Å²) in [5, 5.41) is 29.8. The number of phenolic OH excluding ortho intramolecular Hbond substituents is 1. The van der Waals surface area contributed by atoms with Crippen LogP contribution >= 0.6 is 0 Å². The molecule has 23 heteroatoms. The Balaban J connectivity index is 2.50. The number of carbonyl (C=O) groups excluding carboxylic acids is 11. The van der Waals surface area contributed by atoms with Gasteiger partial charge in [0.25, 0.3) is 0 Å². The van der Waals surface area contributed by atoms with Gasteiger partial charge in [0.1, 0.15) is 42.0 Å². The number of benzene rings is 1. The van der Waals surface area contributed by atoms with E-state index < -0.39 is 133 Å². The summed E-state index contributed by atoms with van der Waals surface area (Å²) in [4.78, 5) is 143. The number of nitrogens with one attached hydrogen (secondary N) is 8.